The van der Waals surface area contributed by atoms with E-state index in [9.17, 15) is 13.2 Å². The Labute approximate surface area is 204 Å². The van der Waals surface area contributed by atoms with Crippen LogP contribution in [0.15, 0.2) is 102 Å². The molecule has 1 aromatic heterocycles. The molecule has 0 amide bonds. The van der Waals surface area contributed by atoms with Crippen LogP contribution in [0.2, 0.25) is 0 Å². The van der Waals surface area contributed by atoms with Crippen molar-refractivity contribution < 1.29 is 22.7 Å². The topological polar surface area (TPSA) is 90.7 Å². The first-order valence-corrected chi connectivity index (χ1v) is 12.4. The maximum Gasteiger partial charge on any atom is 0.338 e. The summed E-state index contributed by atoms with van der Waals surface area (Å²) in [7, 11) is -2.46. The molecule has 0 saturated carbocycles. The van der Waals surface area contributed by atoms with Crippen molar-refractivity contribution in [2.45, 2.75) is 18.0 Å². The highest BCUT2D eigenvalue weighted by molar-refractivity contribution is 7.92. The fourth-order valence-electron chi connectivity index (χ4n) is 3.47. The zero-order valence-corrected chi connectivity index (χ0v) is 20.0. The Morgan fingerprint density at radius 3 is 2.43 bits per heavy atom. The summed E-state index contributed by atoms with van der Waals surface area (Å²) in [6, 6.07) is 23.7. The molecule has 1 heterocycles. The molecular formula is C26H25N3O5S. The van der Waals surface area contributed by atoms with E-state index in [0.717, 1.165) is 5.56 Å². The second-order valence-corrected chi connectivity index (χ2v) is 9.49. The number of nitrogens with zero attached hydrogens (tertiary/aromatic N) is 3. The third-order valence-electron chi connectivity index (χ3n) is 5.30. The molecule has 0 saturated heterocycles. The Kier molecular flexibility index (Phi) is 7.47. The zero-order chi connectivity index (χ0) is 24.7. The van der Waals surface area contributed by atoms with Crippen LogP contribution in [0.25, 0.3) is 0 Å². The fourth-order valence-corrected chi connectivity index (χ4v) is 4.97. The quantitative estimate of drug-likeness (QED) is 0.310. The Bertz CT molecular complexity index is 1360. The molecule has 0 bridgehead atoms. The van der Waals surface area contributed by atoms with Gasteiger partial charge in [-0.1, -0.05) is 36.4 Å². The predicted molar refractivity (Wildman–Crippen MR) is 132 cm³/mol. The van der Waals surface area contributed by atoms with Gasteiger partial charge in [-0.05, 0) is 54.1 Å². The summed E-state index contributed by atoms with van der Waals surface area (Å²) in [5, 5.41) is 4.06. The van der Waals surface area contributed by atoms with Crippen molar-refractivity contribution in [3.63, 3.8) is 0 Å². The van der Waals surface area contributed by atoms with Gasteiger partial charge in [-0.25, -0.2) is 13.2 Å². The second kappa shape index (κ2) is 10.9. The minimum absolute atomic E-state index is 0.00854. The number of sulfonamides is 1. The minimum atomic E-state index is -4.01. The second-order valence-electron chi connectivity index (χ2n) is 7.63. The number of rotatable bonds is 10. The van der Waals surface area contributed by atoms with E-state index in [4.69, 9.17) is 9.47 Å². The molecule has 9 heteroatoms. The van der Waals surface area contributed by atoms with Crippen LogP contribution in [-0.4, -0.2) is 37.9 Å². The lowest BCUT2D eigenvalue weighted by atomic mass is 10.2. The number of ether oxygens (including phenoxy) is 2. The van der Waals surface area contributed by atoms with E-state index in [2.05, 4.69) is 5.10 Å². The summed E-state index contributed by atoms with van der Waals surface area (Å²) in [5.41, 5.74) is 1.45. The van der Waals surface area contributed by atoms with Gasteiger partial charge < -0.3 is 9.47 Å². The van der Waals surface area contributed by atoms with Gasteiger partial charge in [0.15, 0.2) is 0 Å². The number of anilines is 1. The Hall–Kier alpha value is -4.11. The molecule has 8 nitrogen and oxygen atoms in total. The zero-order valence-electron chi connectivity index (χ0n) is 19.2. The lowest BCUT2D eigenvalue weighted by Crippen LogP contribution is -2.30. The van der Waals surface area contributed by atoms with Gasteiger partial charge in [-0.2, -0.15) is 5.10 Å². The van der Waals surface area contributed by atoms with E-state index in [1.807, 2.05) is 30.3 Å². The number of benzene rings is 3. The first kappa shape index (κ1) is 24.0. The number of aromatic nitrogens is 2. The summed E-state index contributed by atoms with van der Waals surface area (Å²) < 4.78 is 41.0. The van der Waals surface area contributed by atoms with Crippen LogP contribution in [0.1, 0.15) is 15.9 Å². The molecule has 180 valence electrons. The molecule has 4 rings (SSSR count). The van der Waals surface area contributed by atoms with Crippen LogP contribution in [0.4, 0.5) is 5.69 Å². The van der Waals surface area contributed by atoms with Crippen LogP contribution in [-0.2, 0) is 27.8 Å². The molecule has 0 aliphatic carbocycles. The SMILES string of the molecule is COc1ccc(N(Cc2ccccc2)S(=O)(=O)c2cccc(C(=O)OCCn3cccn3)c2)cc1. The van der Waals surface area contributed by atoms with Crippen LogP contribution in [0.3, 0.4) is 0 Å². The number of hydrogen-bond acceptors (Lipinski definition) is 6. The molecule has 35 heavy (non-hydrogen) atoms. The average Bonchev–Trinajstić information content (AvgIpc) is 3.41. The Morgan fingerprint density at radius 1 is 0.971 bits per heavy atom. The average molecular weight is 492 g/mol. The largest absolute Gasteiger partial charge is 0.497 e. The van der Waals surface area contributed by atoms with Crippen molar-refractivity contribution in [1.29, 1.82) is 0 Å². The van der Waals surface area contributed by atoms with Gasteiger partial charge in [-0.15, -0.1) is 0 Å². The minimum Gasteiger partial charge on any atom is -0.497 e. The molecule has 0 aliphatic rings. The smallest absolute Gasteiger partial charge is 0.338 e. The van der Waals surface area contributed by atoms with Gasteiger partial charge in [0.05, 0.1) is 36.3 Å². The van der Waals surface area contributed by atoms with Gasteiger partial charge >= 0.3 is 5.97 Å². The number of methoxy groups -OCH3 is 1. The van der Waals surface area contributed by atoms with Crippen molar-refractivity contribution in [1.82, 2.24) is 9.78 Å². The maximum atomic E-state index is 13.8. The molecule has 0 fully saturated rings. The van der Waals surface area contributed by atoms with Gasteiger partial charge in [0.25, 0.3) is 10.0 Å². The van der Waals surface area contributed by atoms with Crippen LogP contribution < -0.4 is 9.04 Å². The van der Waals surface area contributed by atoms with Crippen molar-refractivity contribution >= 4 is 21.7 Å². The van der Waals surface area contributed by atoms with Gasteiger partial charge in [0.2, 0.25) is 0 Å². The number of carbonyl (C=O) groups is 1. The highest BCUT2D eigenvalue weighted by Gasteiger charge is 2.26. The molecule has 0 unspecified atom stereocenters. The highest BCUT2D eigenvalue weighted by atomic mass is 32.2. The van der Waals surface area contributed by atoms with Crippen LogP contribution in [0, 0.1) is 0 Å². The van der Waals surface area contributed by atoms with E-state index in [1.54, 1.807) is 54.5 Å². The molecule has 0 atom stereocenters. The monoisotopic (exact) mass is 491 g/mol. The molecule has 0 spiro atoms. The van der Waals surface area contributed by atoms with Gasteiger partial charge in [0.1, 0.15) is 12.4 Å². The van der Waals surface area contributed by atoms with E-state index in [-0.39, 0.29) is 23.6 Å². The third-order valence-corrected chi connectivity index (χ3v) is 7.07. The van der Waals surface area contributed by atoms with Crippen LogP contribution >= 0.6 is 0 Å². The number of carbonyl (C=O) groups excluding carboxylic acids is 1. The van der Waals surface area contributed by atoms with Crippen molar-refractivity contribution in [3.8, 4) is 5.75 Å². The molecule has 0 radical (unpaired) electrons. The van der Waals surface area contributed by atoms with Crippen molar-refractivity contribution in [2.75, 3.05) is 18.0 Å². The first-order chi connectivity index (χ1) is 17.0. The Balaban J connectivity index is 1.60. The fraction of sp³-hybridized carbons (Fsp3) is 0.154. The normalized spacial score (nSPS) is 11.1. The maximum absolute atomic E-state index is 13.8. The standard InChI is InChI=1S/C26H25N3O5S/c1-33-24-13-11-23(12-14-24)29(20-21-7-3-2-4-8-21)35(31,32)25-10-5-9-22(19-25)26(30)34-18-17-28-16-6-15-27-28/h2-16,19H,17-18,20H2,1H3. The van der Waals surface area contributed by atoms with Crippen LogP contribution in [0.5, 0.6) is 5.75 Å². The van der Waals surface area contributed by atoms with E-state index in [1.165, 1.54) is 28.6 Å². The van der Waals surface area contributed by atoms with E-state index in [0.29, 0.717) is 18.0 Å². The van der Waals surface area contributed by atoms with Crippen molar-refractivity contribution in [2.24, 2.45) is 0 Å². The van der Waals surface area contributed by atoms with Gasteiger partial charge in [-0.3, -0.25) is 8.99 Å². The summed E-state index contributed by atoms with van der Waals surface area (Å²) >= 11 is 0. The lowest BCUT2D eigenvalue weighted by molar-refractivity contribution is 0.0487. The molecule has 3 aromatic carbocycles. The predicted octanol–water partition coefficient (Wildman–Crippen LogP) is 4.14. The summed E-state index contributed by atoms with van der Waals surface area (Å²) in [6.07, 6.45) is 3.40. The number of esters is 1. The molecular weight excluding hydrogens is 466 g/mol. The first-order valence-electron chi connectivity index (χ1n) is 10.9. The molecule has 0 N–H and O–H groups in total. The summed E-state index contributed by atoms with van der Waals surface area (Å²) in [5.74, 6) is 0.0129. The van der Waals surface area contributed by atoms with Gasteiger partial charge in [0, 0.05) is 12.4 Å². The number of hydrogen-bond donors (Lipinski definition) is 0. The lowest BCUT2D eigenvalue weighted by Gasteiger charge is -2.25. The van der Waals surface area contributed by atoms with Crippen molar-refractivity contribution in [3.05, 3.63) is 108 Å². The van der Waals surface area contributed by atoms with E-state index >= 15 is 0 Å². The van der Waals surface area contributed by atoms with E-state index < -0.39 is 16.0 Å². The highest BCUT2D eigenvalue weighted by Crippen LogP contribution is 2.28. The third kappa shape index (κ3) is 5.88. The Morgan fingerprint density at radius 2 is 1.74 bits per heavy atom. The summed E-state index contributed by atoms with van der Waals surface area (Å²) in [4.78, 5) is 12.6. The molecule has 0 aliphatic heterocycles. The summed E-state index contributed by atoms with van der Waals surface area (Å²) in [6.45, 7) is 0.635. The molecule has 4 aromatic rings.